The molecule has 0 N–H and O–H groups in total. The van der Waals surface area contributed by atoms with Crippen molar-refractivity contribution in [1.82, 2.24) is 4.90 Å². The van der Waals surface area contributed by atoms with Gasteiger partial charge in [-0.15, -0.1) is 0 Å². The number of piperidine rings is 1. The number of morpholine rings is 1. The first-order valence-electron chi connectivity index (χ1n) is 5.55. The molecule has 82 valence electrons. The van der Waals surface area contributed by atoms with E-state index >= 15 is 0 Å². The maximum absolute atomic E-state index is 12.4. The molecule has 0 spiro atoms. The number of rotatable bonds is 1. The lowest BCUT2D eigenvalue weighted by molar-refractivity contribution is -0.914. The van der Waals surface area contributed by atoms with Crippen molar-refractivity contribution in [3.05, 3.63) is 5.21 Å². The van der Waals surface area contributed by atoms with Gasteiger partial charge in [0.05, 0.1) is 19.3 Å². The Hall–Kier alpha value is -0.160. The van der Waals surface area contributed by atoms with Crippen LogP contribution in [0, 0.1) is 5.21 Å². The fourth-order valence-electron chi connectivity index (χ4n) is 2.48. The second-order valence-electron chi connectivity index (χ2n) is 4.55. The fraction of sp³-hybridized carbons (Fsp3) is 1.00. The molecule has 2 fully saturated rings. The minimum absolute atomic E-state index is 0.00778. The summed E-state index contributed by atoms with van der Waals surface area (Å²) in [7, 11) is 2.13. The Bertz CT molecular complexity index is 185. The van der Waals surface area contributed by atoms with Gasteiger partial charge in [-0.3, -0.25) is 0 Å². The summed E-state index contributed by atoms with van der Waals surface area (Å²) in [6.07, 6.45) is 2.11. The third-order valence-corrected chi connectivity index (χ3v) is 3.58. The van der Waals surface area contributed by atoms with Gasteiger partial charge >= 0.3 is 0 Å². The van der Waals surface area contributed by atoms with E-state index in [9.17, 15) is 5.21 Å². The van der Waals surface area contributed by atoms with Gasteiger partial charge in [-0.1, -0.05) is 0 Å². The van der Waals surface area contributed by atoms with Crippen molar-refractivity contribution in [3.8, 4) is 0 Å². The van der Waals surface area contributed by atoms with E-state index in [-0.39, 0.29) is 4.65 Å². The van der Waals surface area contributed by atoms with Crippen LogP contribution in [-0.4, -0.2) is 62.0 Å². The summed E-state index contributed by atoms with van der Waals surface area (Å²) in [4.78, 5) is 2.31. The number of likely N-dealkylation sites (tertiary alicyclic amines) is 1. The molecule has 0 amide bonds. The van der Waals surface area contributed by atoms with Gasteiger partial charge in [0.2, 0.25) is 0 Å². The highest BCUT2D eigenvalue weighted by atomic mass is 16.6. The molecule has 2 aliphatic rings. The lowest BCUT2D eigenvalue weighted by Gasteiger charge is -2.52. The topological polar surface area (TPSA) is 35.5 Å². The predicted octanol–water partition coefficient (Wildman–Crippen LogP) is 0.425. The molecule has 0 unspecified atom stereocenters. The third-order valence-electron chi connectivity index (χ3n) is 3.58. The third kappa shape index (κ3) is 2.08. The van der Waals surface area contributed by atoms with Crippen LogP contribution in [0.15, 0.2) is 0 Å². The van der Waals surface area contributed by atoms with Gasteiger partial charge in [-0.2, -0.15) is 0 Å². The highest BCUT2D eigenvalue weighted by Crippen LogP contribution is 2.23. The summed E-state index contributed by atoms with van der Waals surface area (Å²) in [5, 5.41) is 12.4. The second kappa shape index (κ2) is 4.14. The molecule has 2 heterocycles. The van der Waals surface area contributed by atoms with Gasteiger partial charge in [0, 0.05) is 25.9 Å². The minimum atomic E-state index is 0.00778. The SMILES string of the molecule is CN1CCC([N+]2([O-])CCOCC2)CC1. The summed E-state index contributed by atoms with van der Waals surface area (Å²) in [6.45, 7) is 4.77. The summed E-state index contributed by atoms with van der Waals surface area (Å²) < 4.78 is 5.26. The number of hydrogen-bond acceptors (Lipinski definition) is 3. The van der Waals surface area contributed by atoms with Gasteiger partial charge in [0.25, 0.3) is 0 Å². The molecule has 0 saturated carbocycles. The van der Waals surface area contributed by atoms with Crippen molar-refractivity contribution < 1.29 is 9.38 Å². The van der Waals surface area contributed by atoms with Crippen LogP contribution in [0.1, 0.15) is 12.8 Å². The van der Waals surface area contributed by atoms with Crippen LogP contribution in [0.5, 0.6) is 0 Å². The molecule has 0 bridgehead atoms. The molecule has 2 saturated heterocycles. The van der Waals surface area contributed by atoms with Gasteiger partial charge in [-0.25, -0.2) is 0 Å². The van der Waals surface area contributed by atoms with Crippen molar-refractivity contribution in [2.45, 2.75) is 18.9 Å². The van der Waals surface area contributed by atoms with E-state index < -0.39 is 0 Å². The number of hydrogen-bond donors (Lipinski definition) is 0. The average molecular weight is 200 g/mol. The van der Waals surface area contributed by atoms with Gasteiger partial charge < -0.3 is 19.5 Å². The van der Waals surface area contributed by atoms with Crippen molar-refractivity contribution >= 4 is 0 Å². The quantitative estimate of drug-likeness (QED) is 0.455. The first-order valence-corrected chi connectivity index (χ1v) is 5.55. The van der Waals surface area contributed by atoms with Crippen molar-refractivity contribution in [3.63, 3.8) is 0 Å². The van der Waals surface area contributed by atoms with Gasteiger partial charge in [0.15, 0.2) is 0 Å². The summed E-state index contributed by atoms with van der Waals surface area (Å²) >= 11 is 0. The molecular formula is C10H20N2O2. The Morgan fingerprint density at radius 1 is 1.21 bits per heavy atom. The molecule has 4 nitrogen and oxygen atoms in total. The molecule has 14 heavy (non-hydrogen) atoms. The van der Waals surface area contributed by atoms with E-state index in [2.05, 4.69) is 11.9 Å². The van der Waals surface area contributed by atoms with Gasteiger partial charge in [-0.05, 0) is 7.05 Å². The normalized spacial score (nSPS) is 30.4. The van der Waals surface area contributed by atoms with Crippen LogP contribution in [0.3, 0.4) is 0 Å². The zero-order valence-corrected chi connectivity index (χ0v) is 8.95. The summed E-state index contributed by atoms with van der Waals surface area (Å²) in [6, 6.07) is 0.329. The molecular weight excluding hydrogens is 180 g/mol. The first kappa shape index (κ1) is 10.4. The van der Waals surface area contributed by atoms with Crippen LogP contribution in [0.2, 0.25) is 0 Å². The second-order valence-corrected chi connectivity index (χ2v) is 4.55. The molecule has 0 aliphatic carbocycles. The van der Waals surface area contributed by atoms with Crippen molar-refractivity contribution in [2.24, 2.45) is 0 Å². The largest absolute Gasteiger partial charge is 0.632 e. The number of ether oxygens (including phenoxy) is 1. The molecule has 0 aromatic carbocycles. The smallest absolute Gasteiger partial charge is 0.102 e. The Kier molecular flexibility index (Phi) is 3.07. The van der Waals surface area contributed by atoms with E-state index in [1.165, 1.54) is 0 Å². The summed E-state index contributed by atoms with van der Waals surface area (Å²) in [5.74, 6) is 0. The number of quaternary nitrogens is 1. The van der Waals surface area contributed by atoms with E-state index in [0.29, 0.717) is 32.3 Å². The van der Waals surface area contributed by atoms with Crippen LogP contribution < -0.4 is 0 Å². The zero-order chi connectivity index (χ0) is 10.0. The number of hydroxylamine groups is 3. The van der Waals surface area contributed by atoms with E-state index in [1.807, 2.05) is 0 Å². The molecule has 0 atom stereocenters. The van der Waals surface area contributed by atoms with E-state index in [0.717, 1.165) is 25.9 Å². The highest BCUT2D eigenvalue weighted by molar-refractivity contribution is 4.72. The highest BCUT2D eigenvalue weighted by Gasteiger charge is 2.33. The Morgan fingerprint density at radius 3 is 2.36 bits per heavy atom. The van der Waals surface area contributed by atoms with Crippen molar-refractivity contribution in [2.75, 3.05) is 46.4 Å². The zero-order valence-electron chi connectivity index (χ0n) is 8.95. The molecule has 4 heteroatoms. The maximum Gasteiger partial charge on any atom is 0.102 e. The lowest BCUT2D eigenvalue weighted by Crippen LogP contribution is -2.59. The van der Waals surface area contributed by atoms with Crippen LogP contribution in [0.4, 0.5) is 0 Å². The Morgan fingerprint density at radius 2 is 1.79 bits per heavy atom. The fourth-order valence-corrected chi connectivity index (χ4v) is 2.48. The Labute approximate surface area is 85.6 Å². The molecule has 0 aromatic rings. The molecule has 0 radical (unpaired) electrons. The summed E-state index contributed by atoms with van der Waals surface area (Å²) in [5.41, 5.74) is 0. The van der Waals surface area contributed by atoms with E-state index in [4.69, 9.17) is 4.74 Å². The molecule has 2 aliphatic heterocycles. The number of nitrogens with zero attached hydrogens (tertiary/aromatic N) is 2. The first-order chi connectivity index (χ1) is 6.71. The monoisotopic (exact) mass is 200 g/mol. The Balaban J connectivity index is 1.92. The van der Waals surface area contributed by atoms with Crippen LogP contribution >= 0.6 is 0 Å². The average Bonchev–Trinajstić information content (AvgIpc) is 2.19. The molecule has 2 rings (SSSR count). The molecule has 0 aromatic heterocycles. The maximum atomic E-state index is 12.4. The lowest BCUT2D eigenvalue weighted by atomic mass is 10.0. The van der Waals surface area contributed by atoms with Crippen LogP contribution in [0.25, 0.3) is 0 Å². The van der Waals surface area contributed by atoms with Crippen LogP contribution in [-0.2, 0) is 4.74 Å². The van der Waals surface area contributed by atoms with E-state index in [1.54, 1.807) is 0 Å². The predicted molar refractivity (Wildman–Crippen MR) is 54.7 cm³/mol. The van der Waals surface area contributed by atoms with Gasteiger partial charge in [0.1, 0.15) is 13.1 Å². The minimum Gasteiger partial charge on any atom is -0.632 e. The standard InChI is InChI=1S/C10H20N2O2/c1-11-4-2-10(3-5-11)12(13)6-8-14-9-7-12/h10H,2-9H2,1H3. The van der Waals surface area contributed by atoms with Crippen molar-refractivity contribution in [1.29, 1.82) is 0 Å².